The van der Waals surface area contributed by atoms with Crippen LogP contribution in [0.2, 0.25) is 0 Å². The summed E-state index contributed by atoms with van der Waals surface area (Å²) in [7, 11) is 0. The molecule has 1 aliphatic heterocycles. The Bertz CT molecular complexity index is 395. The first-order valence-corrected chi connectivity index (χ1v) is 8.83. The molecule has 1 aliphatic rings. The molecule has 1 saturated heterocycles. The van der Waals surface area contributed by atoms with Crippen molar-refractivity contribution in [2.75, 3.05) is 25.4 Å². The van der Waals surface area contributed by atoms with E-state index in [4.69, 9.17) is 0 Å². The summed E-state index contributed by atoms with van der Waals surface area (Å²) in [6, 6.07) is 11.4. The van der Waals surface area contributed by atoms with E-state index in [-0.39, 0.29) is 0 Å². The third-order valence-electron chi connectivity index (χ3n) is 4.60. The van der Waals surface area contributed by atoms with Crippen molar-refractivity contribution in [1.29, 1.82) is 0 Å². The first-order chi connectivity index (χ1) is 9.68. The first kappa shape index (κ1) is 15.9. The second-order valence-corrected chi connectivity index (χ2v) is 7.11. The average molecular weight is 292 g/mol. The Labute approximate surface area is 128 Å². The van der Waals surface area contributed by atoms with Gasteiger partial charge < -0.3 is 5.32 Å². The molecule has 2 unspecified atom stereocenters. The first-order valence-electron chi connectivity index (χ1n) is 7.84. The molecule has 0 aromatic heterocycles. The Morgan fingerprint density at radius 3 is 2.70 bits per heavy atom. The Kier molecular flexibility index (Phi) is 5.94. The number of rotatable bonds is 6. The fourth-order valence-electron chi connectivity index (χ4n) is 2.80. The van der Waals surface area contributed by atoms with Gasteiger partial charge in [0.2, 0.25) is 0 Å². The van der Waals surface area contributed by atoms with E-state index in [0.717, 1.165) is 6.54 Å². The zero-order valence-electron chi connectivity index (χ0n) is 13.1. The molecule has 2 atom stereocenters. The van der Waals surface area contributed by atoms with Gasteiger partial charge in [-0.2, -0.15) is 0 Å². The molecule has 3 heteroatoms. The van der Waals surface area contributed by atoms with E-state index in [9.17, 15) is 0 Å². The summed E-state index contributed by atoms with van der Waals surface area (Å²) in [6.07, 6.45) is 2.44. The van der Waals surface area contributed by atoms with Crippen LogP contribution in [0.4, 0.5) is 0 Å². The van der Waals surface area contributed by atoms with Crippen molar-refractivity contribution < 1.29 is 0 Å². The molecular formula is C17H28N2S. The van der Waals surface area contributed by atoms with E-state index in [1.54, 1.807) is 0 Å². The SMILES string of the molecule is CCC1CN(CCSc2ccccc2)C(C)(CC)CN1. The van der Waals surface area contributed by atoms with Crippen LogP contribution in [0.15, 0.2) is 35.2 Å². The highest BCUT2D eigenvalue weighted by Gasteiger charge is 2.35. The number of hydrogen-bond donors (Lipinski definition) is 1. The van der Waals surface area contributed by atoms with Gasteiger partial charge in [-0.3, -0.25) is 4.90 Å². The minimum absolute atomic E-state index is 0.322. The summed E-state index contributed by atoms with van der Waals surface area (Å²) in [5.74, 6) is 1.18. The van der Waals surface area contributed by atoms with Crippen LogP contribution in [0, 0.1) is 0 Å². The van der Waals surface area contributed by atoms with Crippen LogP contribution >= 0.6 is 11.8 Å². The molecule has 0 amide bonds. The molecule has 1 aromatic rings. The van der Waals surface area contributed by atoms with Crippen molar-refractivity contribution in [2.24, 2.45) is 0 Å². The summed E-state index contributed by atoms with van der Waals surface area (Å²) in [6.45, 7) is 10.5. The smallest absolute Gasteiger partial charge is 0.0304 e. The molecule has 0 bridgehead atoms. The van der Waals surface area contributed by atoms with Gasteiger partial charge >= 0.3 is 0 Å². The number of thioether (sulfide) groups is 1. The second kappa shape index (κ2) is 7.48. The van der Waals surface area contributed by atoms with E-state index in [1.165, 1.54) is 36.6 Å². The molecule has 2 nitrogen and oxygen atoms in total. The van der Waals surface area contributed by atoms with Crippen LogP contribution in [-0.4, -0.2) is 41.9 Å². The highest BCUT2D eigenvalue weighted by atomic mass is 32.2. The van der Waals surface area contributed by atoms with Crippen LogP contribution in [0.1, 0.15) is 33.6 Å². The molecule has 0 spiro atoms. The van der Waals surface area contributed by atoms with Gasteiger partial charge in [-0.15, -0.1) is 11.8 Å². The molecule has 1 N–H and O–H groups in total. The quantitative estimate of drug-likeness (QED) is 0.806. The van der Waals surface area contributed by atoms with E-state index >= 15 is 0 Å². The Morgan fingerprint density at radius 2 is 2.05 bits per heavy atom. The summed E-state index contributed by atoms with van der Waals surface area (Å²) in [5, 5.41) is 3.70. The minimum atomic E-state index is 0.322. The van der Waals surface area contributed by atoms with Gasteiger partial charge in [0.1, 0.15) is 0 Å². The van der Waals surface area contributed by atoms with Crippen molar-refractivity contribution in [1.82, 2.24) is 10.2 Å². The molecule has 0 radical (unpaired) electrons. The number of piperazine rings is 1. The molecule has 0 saturated carbocycles. The van der Waals surface area contributed by atoms with Gasteiger partial charge in [0, 0.05) is 41.9 Å². The van der Waals surface area contributed by atoms with Crippen molar-refractivity contribution in [3.05, 3.63) is 30.3 Å². The lowest BCUT2D eigenvalue weighted by Gasteiger charge is -2.48. The van der Waals surface area contributed by atoms with Gasteiger partial charge in [-0.05, 0) is 31.9 Å². The lowest BCUT2D eigenvalue weighted by molar-refractivity contribution is 0.0545. The maximum atomic E-state index is 3.70. The van der Waals surface area contributed by atoms with E-state index in [0.29, 0.717) is 11.6 Å². The van der Waals surface area contributed by atoms with Gasteiger partial charge in [-0.25, -0.2) is 0 Å². The van der Waals surface area contributed by atoms with E-state index in [2.05, 4.69) is 61.3 Å². The van der Waals surface area contributed by atoms with Crippen molar-refractivity contribution in [3.63, 3.8) is 0 Å². The minimum Gasteiger partial charge on any atom is -0.311 e. The number of nitrogens with one attached hydrogen (secondary N) is 1. The van der Waals surface area contributed by atoms with Crippen LogP contribution < -0.4 is 5.32 Å². The standard InChI is InChI=1S/C17H28N2S/c1-4-15-13-19(17(3,5-2)14-18-15)11-12-20-16-9-7-6-8-10-16/h6-10,15,18H,4-5,11-14H2,1-3H3. The lowest BCUT2D eigenvalue weighted by atomic mass is 9.91. The molecule has 20 heavy (non-hydrogen) atoms. The normalized spacial score (nSPS) is 27.6. The van der Waals surface area contributed by atoms with E-state index in [1.807, 2.05) is 11.8 Å². The maximum absolute atomic E-state index is 3.70. The zero-order chi connectivity index (χ0) is 14.4. The van der Waals surface area contributed by atoms with Gasteiger partial charge in [0.25, 0.3) is 0 Å². The fraction of sp³-hybridized carbons (Fsp3) is 0.647. The van der Waals surface area contributed by atoms with Crippen molar-refractivity contribution in [3.8, 4) is 0 Å². The lowest BCUT2D eigenvalue weighted by Crippen LogP contribution is -2.63. The summed E-state index contributed by atoms with van der Waals surface area (Å²) in [5.41, 5.74) is 0.322. The number of benzene rings is 1. The third kappa shape index (κ3) is 4.00. The highest BCUT2D eigenvalue weighted by molar-refractivity contribution is 7.99. The summed E-state index contributed by atoms with van der Waals surface area (Å²) < 4.78 is 0. The Hall–Kier alpha value is -0.510. The average Bonchev–Trinajstić information content (AvgIpc) is 2.50. The predicted molar refractivity (Wildman–Crippen MR) is 89.5 cm³/mol. The predicted octanol–water partition coefficient (Wildman–Crippen LogP) is 3.63. The molecule has 0 aliphatic carbocycles. The largest absolute Gasteiger partial charge is 0.311 e. The van der Waals surface area contributed by atoms with Gasteiger partial charge in [-0.1, -0.05) is 32.0 Å². The van der Waals surface area contributed by atoms with Crippen molar-refractivity contribution >= 4 is 11.8 Å². The Balaban J connectivity index is 1.87. The van der Waals surface area contributed by atoms with Crippen LogP contribution in [0.3, 0.4) is 0 Å². The Morgan fingerprint density at radius 1 is 1.30 bits per heavy atom. The monoisotopic (exact) mass is 292 g/mol. The molecule has 2 rings (SSSR count). The van der Waals surface area contributed by atoms with Gasteiger partial charge in [0.05, 0.1) is 0 Å². The zero-order valence-corrected chi connectivity index (χ0v) is 13.9. The molecule has 112 valence electrons. The van der Waals surface area contributed by atoms with E-state index < -0.39 is 0 Å². The van der Waals surface area contributed by atoms with Crippen LogP contribution in [0.25, 0.3) is 0 Å². The highest BCUT2D eigenvalue weighted by Crippen LogP contribution is 2.25. The molecule has 1 aromatic carbocycles. The topological polar surface area (TPSA) is 15.3 Å². The third-order valence-corrected chi connectivity index (χ3v) is 5.60. The molecular weight excluding hydrogens is 264 g/mol. The number of hydrogen-bond acceptors (Lipinski definition) is 3. The molecule has 1 heterocycles. The second-order valence-electron chi connectivity index (χ2n) is 5.94. The van der Waals surface area contributed by atoms with Crippen LogP contribution in [-0.2, 0) is 0 Å². The maximum Gasteiger partial charge on any atom is 0.0304 e. The summed E-state index contributed by atoms with van der Waals surface area (Å²) >= 11 is 1.97. The fourth-order valence-corrected chi connectivity index (χ4v) is 3.70. The van der Waals surface area contributed by atoms with Crippen LogP contribution in [0.5, 0.6) is 0 Å². The van der Waals surface area contributed by atoms with Crippen molar-refractivity contribution in [2.45, 2.75) is 50.1 Å². The number of nitrogens with zero attached hydrogens (tertiary/aromatic N) is 1. The van der Waals surface area contributed by atoms with Gasteiger partial charge in [0.15, 0.2) is 0 Å². The summed E-state index contributed by atoms with van der Waals surface area (Å²) in [4.78, 5) is 4.08. The molecule has 1 fully saturated rings.